The van der Waals surface area contributed by atoms with Crippen LogP contribution in [0.2, 0.25) is 0 Å². The highest BCUT2D eigenvalue weighted by molar-refractivity contribution is 7.91. The molecule has 0 aliphatic heterocycles. The van der Waals surface area contributed by atoms with Crippen LogP contribution in [0.1, 0.15) is 22.5 Å². The lowest BCUT2D eigenvalue weighted by Crippen LogP contribution is -2.15. The van der Waals surface area contributed by atoms with E-state index in [0.29, 0.717) is 17.2 Å². The molecule has 0 spiro atoms. The van der Waals surface area contributed by atoms with E-state index in [-0.39, 0.29) is 5.75 Å². The molecule has 0 radical (unpaired) electrons. The van der Waals surface area contributed by atoms with E-state index >= 15 is 0 Å². The van der Waals surface area contributed by atoms with Crippen molar-refractivity contribution in [3.05, 3.63) is 59.0 Å². The molecule has 7 heteroatoms. The molecule has 2 aromatic heterocycles. The molecule has 3 aromatic rings. The Bertz CT molecular complexity index is 957. The Balaban J connectivity index is 1.84. The van der Waals surface area contributed by atoms with Crippen LogP contribution in [-0.2, 0) is 15.8 Å². The zero-order valence-corrected chi connectivity index (χ0v) is 14.1. The average molecular weight is 330 g/mol. The summed E-state index contributed by atoms with van der Waals surface area (Å²) >= 11 is 0. The molecule has 0 aliphatic rings. The molecule has 1 N–H and O–H groups in total. The topological polar surface area (TPSA) is 76.4 Å². The van der Waals surface area contributed by atoms with Crippen LogP contribution < -0.4 is 4.72 Å². The van der Waals surface area contributed by atoms with E-state index in [4.69, 9.17) is 0 Å². The highest BCUT2D eigenvalue weighted by Crippen LogP contribution is 2.16. The van der Waals surface area contributed by atoms with E-state index in [1.807, 2.05) is 32.0 Å². The fourth-order valence-electron chi connectivity index (χ4n) is 2.64. The number of aromatic nitrogens is 3. The number of nitrogens with one attached hydrogen (secondary N) is 1. The predicted octanol–water partition coefficient (Wildman–Crippen LogP) is 2.60. The lowest BCUT2D eigenvalue weighted by molar-refractivity contribution is 0.600. The van der Waals surface area contributed by atoms with Gasteiger partial charge in [0, 0.05) is 0 Å². The van der Waals surface area contributed by atoms with E-state index in [9.17, 15) is 8.42 Å². The normalized spacial score (nSPS) is 11.8. The summed E-state index contributed by atoms with van der Waals surface area (Å²) in [5.41, 5.74) is 4.02. The van der Waals surface area contributed by atoms with E-state index in [1.54, 1.807) is 29.8 Å². The number of hydrogen-bond donors (Lipinski definition) is 1. The van der Waals surface area contributed by atoms with Crippen LogP contribution in [-0.4, -0.2) is 23.0 Å². The third-order valence-corrected chi connectivity index (χ3v) is 4.61. The van der Waals surface area contributed by atoms with Crippen LogP contribution in [0.15, 0.2) is 36.5 Å². The molecule has 1 aromatic carbocycles. The third-order valence-electron chi connectivity index (χ3n) is 3.35. The molecule has 0 saturated carbocycles. The van der Waals surface area contributed by atoms with Crippen molar-refractivity contribution in [1.82, 2.24) is 14.6 Å². The van der Waals surface area contributed by atoms with Gasteiger partial charge in [-0.1, -0.05) is 29.3 Å². The summed E-state index contributed by atoms with van der Waals surface area (Å²) in [5.74, 6) is 0.574. The monoisotopic (exact) mass is 330 g/mol. The van der Waals surface area contributed by atoms with Crippen LogP contribution in [0.3, 0.4) is 0 Å². The Morgan fingerprint density at radius 2 is 1.78 bits per heavy atom. The summed E-state index contributed by atoms with van der Waals surface area (Å²) in [6.07, 6.45) is 1.62. The number of aryl methyl sites for hydroxylation is 3. The van der Waals surface area contributed by atoms with Crippen LogP contribution >= 0.6 is 0 Å². The second kappa shape index (κ2) is 5.66. The number of hydrogen-bond acceptors (Lipinski definition) is 4. The summed E-state index contributed by atoms with van der Waals surface area (Å²) in [6, 6.07) is 9.20. The van der Waals surface area contributed by atoms with E-state index in [1.165, 1.54) is 0 Å². The van der Waals surface area contributed by atoms with Gasteiger partial charge in [0.1, 0.15) is 5.82 Å². The Morgan fingerprint density at radius 1 is 1.09 bits per heavy atom. The van der Waals surface area contributed by atoms with Gasteiger partial charge in [0.2, 0.25) is 10.0 Å². The zero-order valence-electron chi connectivity index (χ0n) is 13.2. The highest BCUT2D eigenvalue weighted by atomic mass is 32.2. The molecule has 3 rings (SSSR count). The maximum absolute atomic E-state index is 12.4. The fourth-order valence-corrected chi connectivity index (χ4v) is 3.80. The first-order valence-electron chi connectivity index (χ1n) is 7.21. The summed E-state index contributed by atoms with van der Waals surface area (Å²) in [7, 11) is -3.49. The van der Waals surface area contributed by atoms with E-state index in [2.05, 4.69) is 14.8 Å². The van der Waals surface area contributed by atoms with Crippen molar-refractivity contribution in [1.29, 1.82) is 0 Å². The molecule has 0 atom stereocenters. The molecular formula is C16H18N4O2S. The van der Waals surface area contributed by atoms with Gasteiger partial charge in [-0.3, -0.25) is 4.72 Å². The first-order valence-corrected chi connectivity index (χ1v) is 8.87. The van der Waals surface area contributed by atoms with E-state index in [0.717, 1.165) is 16.7 Å². The Kier molecular flexibility index (Phi) is 3.81. The molecule has 0 aliphatic carbocycles. The standard InChI is InChI=1S/C16H18N4O2S/c1-11-6-12(2)8-14(7-11)10-23(21,22)19-15-4-5-16-17-13(3)18-20(16)9-15/h4-9,19H,10H2,1-3H3. The molecule has 0 amide bonds. The number of rotatable bonds is 4. The molecule has 0 unspecified atom stereocenters. The van der Waals surface area contributed by atoms with Gasteiger partial charge in [-0.05, 0) is 38.5 Å². The minimum atomic E-state index is -3.49. The van der Waals surface area contributed by atoms with Crippen molar-refractivity contribution in [2.45, 2.75) is 26.5 Å². The van der Waals surface area contributed by atoms with Crippen molar-refractivity contribution in [3.8, 4) is 0 Å². The van der Waals surface area contributed by atoms with Gasteiger partial charge in [-0.25, -0.2) is 17.9 Å². The number of benzene rings is 1. The first kappa shape index (κ1) is 15.5. The second-order valence-corrected chi connectivity index (χ2v) is 7.46. The third kappa shape index (κ3) is 3.68. The second-order valence-electron chi connectivity index (χ2n) is 5.74. The zero-order chi connectivity index (χ0) is 16.6. The maximum Gasteiger partial charge on any atom is 0.236 e. The van der Waals surface area contributed by atoms with Gasteiger partial charge in [-0.15, -0.1) is 0 Å². The number of fused-ring (bicyclic) bond motifs is 1. The first-order chi connectivity index (χ1) is 10.8. The summed E-state index contributed by atoms with van der Waals surface area (Å²) in [5, 5.41) is 4.18. The van der Waals surface area contributed by atoms with Gasteiger partial charge < -0.3 is 0 Å². The molecule has 23 heavy (non-hydrogen) atoms. The maximum atomic E-state index is 12.4. The number of sulfonamides is 1. The Hall–Kier alpha value is -2.41. The highest BCUT2D eigenvalue weighted by Gasteiger charge is 2.13. The van der Waals surface area contributed by atoms with Crippen LogP contribution in [0.5, 0.6) is 0 Å². The smallest absolute Gasteiger partial charge is 0.236 e. The molecular weight excluding hydrogens is 312 g/mol. The van der Waals surface area contributed by atoms with Crippen LogP contribution in [0, 0.1) is 20.8 Å². The number of anilines is 1. The van der Waals surface area contributed by atoms with Gasteiger partial charge in [0.25, 0.3) is 0 Å². The molecule has 0 bridgehead atoms. The largest absolute Gasteiger partial charge is 0.282 e. The SMILES string of the molecule is Cc1cc(C)cc(CS(=O)(=O)Nc2ccc3nc(C)nn3c2)c1. The van der Waals surface area contributed by atoms with Crippen molar-refractivity contribution < 1.29 is 8.42 Å². The van der Waals surface area contributed by atoms with E-state index < -0.39 is 10.0 Å². The minimum Gasteiger partial charge on any atom is -0.282 e. The Morgan fingerprint density at radius 3 is 2.48 bits per heavy atom. The lowest BCUT2D eigenvalue weighted by atomic mass is 10.1. The molecule has 120 valence electrons. The van der Waals surface area contributed by atoms with Gasteiger partial charge >= 0.3 is 0 Å². The fraction of sp³-hybridized carbons (Fsp3) is 0.250. The summed E-state index contributed by atoms with van der Waals surface area (Å²) in [6.45, 7) is 5.70. The molecule has 2 heterocycles. The van der Waals surface area contributed by atoms with Gasteiger partial charge in [0.05, 0.1) is 17.6 Å². The molecule has 6 nitrogen and oxygen atoms in total. The van der Waals surface area contributed by atoms with Crippen molar-refractivity contribution in [2.24, 2.45) is 0 Å². The minimum absolute atomic E-state index is 0.0655. The predicted molar refractivity (Wildman–Crippen MR) is 89.9 cm³/mol. The quantitative estimate of drug-likeness (QED) is 0.798. The number of nitrogens with zero attached hydrogens (tertiary/aromatic N) is 3. The summed E-state index contributed by atoms with van der Waals surface area (Å²) in [4.78, 5) is 4.21. The van der Waals surface area contributed by atoms with Crippen molar-refractivity contribution in [3.63, 3.8) is 0 Å². The summed E-state index contributed by atoms with van der Waals surface area (Å²) < 4.78 is 28.9. The number of pyridine rings is 1. The molecule has 0 saturated heterocycles. The van der Waals surface area contributed by atoms with Crippen LogP contribution in [0.4, 0.5) is 5.69 Å². The van der Waals surface area contributed by atoms with Crippen molar-refractivity contribution in [2.75, 3.05) is 4.72 Å². The van der Waals surface area contributed by atoms with Crippen molar-refractivity contribution >= 4 is 21.4 Å². The molecule has 0 fully saturated rings. The Labute approximate surface area is 135 Å². The van der Waals surface area contributed by atoms with Gasteiger partial charge in [0.15, 0.2) is 5.65 Å². The lowest BCUT2D eigenvalue weighted by Gasteiger charge is -2.09. The van der Waals surface area contributed by atoms with Gasteiger partial charge in [-0.2, -0.15) is 5.10 Å². The van der Waals surface area contributed by atoms with Crippen LogP contribution in [0.25, 0.3) is 5.65 Å². The average Bonchev–Trinajstić information content (AvgIpc) is 2.75.